The number of thiophene rings is 2. The van der Waals surface area contributed by atoms with Crippen LogP contribution in [0.3, 0.4) is 0 Å². The molecule has 0 spiro atoms. The van der Waals surface area contributed by atoms with Crippen LogP contribution in [-0.2, 0) is 5.41 Å². The van der Waals surface area contributed by atoms with Crippen molar-refractivity contribution in [2.45, 2.75) is 19.3 Å². The van der Waals surface area contributed by atoms with Crippen molar-refractivity contribution in [3.63, 3.8) is 0 Å². The van der Waals surface area contributed by atoms with Crippen LogP contribution in [0, 0.1) is 0 Å². The zero-order chi connectivity index (χ0) is 30.6. The van der Waals surface area contributed by atoms with E-state index in [2.05, 4.69) is 158 Å². The van der Waals surface area contributed by atoms with Crippen molar-refractivity contribution in [1.29, 1.82) is 0 Å². The Hall–Kier alpha value is -4.96. The van der Waals surface area contributed by atoms with E-state index in [9.17, 15) is 0 Å². The van der Waals surface area contributed by atoms with Crippen LogP contribution in [0.4, 0.5) is 17.1 Å². The van der Waals surface area contributed by atoms with E-state index in [4.69, 9.17) is 0 Å². The first-order chi connectivity index (χ1) is 22.5. The van der Waals surface area contributed by atoms with Gasteiger partial charge in [0.1, 0.15) is 0 Å². The van der Waals surface area contributed by atoms with E-state index < -0.39 is 0 Å². The Kier molecular flexibility index (Phi) is 5.44. The van der Waals surface area contributed by atoms with Crippen LogP contribution in [0.1, 0.15) is 25.0 Å². The molecule has 0 radical (unpaired) electrons. The van der Waals surface area contributed by atoms with Gasteiger partial charge < -0.3 is 4.90 Å². The zero-order valence-corrected chi connectivity index (χ0v) is 27.2. The lowest BCUT2D eigenvalue weighted by atomic mass is 9.82. The Bertz CT molecular complexity index is 2690. The fourth-order valence-corrected chi connectivity index (χ4v) is 10.1. The van der Waals surface area contributed by atoms with Crippen molar-refractivity contribution in [2.75, 3.05) is 4.90 Å². The highest BCUT2D eigenvalue weighted by Gasteiger charge is 2.35. The highest BCUT2D eigenvalue weighted by molar-refractivity contribution is 7.26. The first kappa shape index (κ1) is 26.3. The fraction of sp³-hybridized carbons (Fsp3) is 0.0698. The third-order valence-corrected chi connectivity index (χ3v) is 12.4. The Morgan fingerprint density at radius 3 is 1.89 bits per heavy atom. The van der Waals surface area contributed by atoms with E-state index in [0.717, 1.165) is 0 Å². The second-order valence-electron chi connectivity index (χ2n) is 13.0. The lowest BCUT2D eigenvalue weighted by molar-refractivity contribution is 0.660. The maximum Gasteiger partial charge on any atom is 0.0468 e. The summed E-state index contributed by atoms with van der Waals surface area (Å²) in [4.78, 5) is 2.46. The minimum absolute atomic E-state index is 0.0267. The maximum atomic E-state index is 2.46. The Morgan fingerprint density at radius 1 is 0.435 bits per heavy atom. The summed E-state index contributed by atoms with van der Waals surface area (Å²) in [5.74, 6) is 0. The third kappa shape index (κ3) is 3.67. The lowest BCUT2D eigenvalue weighted by Crippen LogP contribution is -2.15. The summed E-state index contributed by atoms with van der Waals surface area (Å²) in [6.07, 6.45) is 0. The third-order valence-electron chi connectivity index (χ3n) is 10.0. The van der Waals surface area contributed by atoms with Crippen LogP contribution in [-0.4, -0.2) is 0 Å². The molecule has 0 N–H and O–H groups in total. The highest BCUT2D eigenvalue weighted by Crippen LogP contribution is 2.51. The van der Waals surface area contributed by atoms with Crippen molar-refractivity contribution < 1.29 is 0 Å². The van der Waals surface area contributed by atoms with Crippen LogP contribution in [0.2, 0.25) is 0 Å². The molecule has 0 saturated carbocycles. The Labute approximate surface area is 275 Å². The predicted molar refractivity (Wildman–Crippen MR) is 202 cm³/mol. The van der Waals surface area contributed by atoms with Crippen molar-refractivity contribution in [3.8, 4) is 11.1 Å². The van der Waals surface area contributed by atoms with Crippen molar-refractivity contribution in [1.82, 2.24) is 0 Å². The molecule has 1 aliphatic carbocycles. The summed E-state index contributed by atoms with van der Waals surface area (Å²) in [5, 5.41) is 7.88. The van der Waals surface area contributed by atoms with Crippen LogP contribution in [0.5, 0.6) is 0 Å². The van der Waals surface area contributed by atoms with Gasteiger partial charge in [0.2, 0.25) is 0 Å². The normalized spacial score (nSPS) is 13.6. The largest absolute Gasteiger partial charge is 0.310 e. The second-order valence-corrected chi connectivity index (χ2v) is 15.1. The molecule has 0 atom stereocenters. The van der Waals surface area contributed by atoms with Gasteiger partial charge in [0.05, 0.1) is 0 Å². The number of rotatable bonds is 3. The van der Waals surface area contributed by atoms with Crippen molar-refractivity contribution in [2.24, 2.45) is 0 Å². The monoisotopic (exact) mass is 623 g/mol. The smallest absolute Gasteiger partial charge is 0.0468 e. The van der Waals surface area contributed by atoms with E-state index in [1.807, 2.05) is 22.7 Å². The number of hydrogen-bond donors (Lipinski definition) is 0. The van der Waals surface area contributed by atoms with E-state index >= 15 is 0 Å². The molecule has 218 valence electrons. The molecule has 0 amide bonds. The van der Waals surface area contributed by atoms with Gasteiger partial charge in [0, 0.05) is 62.8 Å². The molecule has 10 rings (SSSR count). The average molecular weight is 624 g/mol. The minimum Gasteiger partial charge on any atom is -0.310 e. The number of hydrogen-bond acceptors (Lipinski definition) is 3. The Balaban J connectivity index is 1.23. The summed E-state index contributed by atoms with van der Waals surface area (Å²) in [7, 11) is 0. The molecule has 7 aromatic carbocycles. The molecule has 46 heavy (non-hydrogen) atoms. The van der Waals surface area contributed by atoms with Gasteiger partial charge in [-0.3, -0.25) is 0 Å². The van der Waals surface area contributed by atoms with Gasteiger partial charge in [-0.25, -0.2) is 0 Å². The first-order valence-electron chi connectivity index (χ1n) is 15.8. The number of nitrogens with zero attached hydrogens (tertiary/aromatic N) is 1. The number of benzene rings is 7. The van der Waals surface area contributed by atoms with Crippen LogP contribution >= 0.6 is 22.7 Å². The molecule has 2 aromatic heterocycles. The van der Waals surface area contributed by atoms with Crippen LogP contribution in [0.25, 0.3) is 62.2 Å². The van der Waals surface area contributed by atoms with Gasteiger partial charge in [0.15, 0.2) is 0 Å². The van der Waals surface area contributed by atoms with Gasteiger partial charge in [0.25, 0.3) is 0 Å². The highest BCUT2D eigenvalue weighted by atomic mass is 32.1. The van der Waals surface area contributed by atoms with E-state index in [0.29, 0.717) is 0 Å². The topological polar surface area (TPSA) is 3.24 Å². The molecule has 0 fully saturated rings. The SMILES string of the molecule is CC1(C)c2ccccc2-c2cc(N(c3ccc4sc5ccccc5c4c3)c3ccc4sc5c6ccccc6ccc5c4c3)ccc21. The predicted octanol–water partition coefficient (Wildman–Crippen LogP) is 13.4. The van der Waals surface area contributed by atoms with Crippen LogP contribution < -0.4 is 4.90 Å². The van der Waals surface area contributed by atoms with Crippen LogP contribution in [0.15, 0.2) is 140 Å². The molecular weight excluding hydrogens is 595 g/mol. The molecule has 9 aromatic rings. The van der Waals surface area contributed by atoms with E-state index in [1.165, 1.54) is 90.4 Å². The first-order valence-corrected chi connectivity index (χ1v) is 17.5. The van der Waals surface area contributed by atoms with Crippen molar-refractivity contribution >= 4 is 90.9 Å². The molecule has 0 bridgehead atoms. The molecule has 2 heterocycles. The van der Waals surface area contributed by atoms with Gasteiger partial charge in [-0.2, -0.15) is 0 Å². The van der Waals surface area contributed by atoms with Gasteiger partial charge in [-0.15, -0.1) is 22.7 Å². The standard InChI is InChI=1S/C43H29NS2/c1-43(2)37-13-7-5-11-31(37)34-23-27(16-20-38(34)43)44(28-17-21-40-35(24-28)32-12-6-8-14-39(32)45-40)29-18-22-41-36(25-29)33-19-15-26-9-3-4-10-30(26)42(33)46-41/h3-25H,1-2H3. The Morgan fingerprint density at radius 2 is 1.04 bits per heavy atom. The molecule has 0 aliphatic heterocycles. The van der Waals surface area contributed by atoms with E-state index in [-0.39, 0.29) is 5.41 Å². The summed E-state index contributed by atoms with van der Waals surface area (Å²) < 4.78 is 5.33. The van der Waals surface area contributed by atoms with Gasteiger partial charge >= 0.3 is 0 Å². The lowest BCUT2D eigenvalue weighted by Gasteiger charge is -2.27. The fourth-order valence-electron chi connectivity index (χ4n) is 7.78. The van der Waals surface area contributed by atoms with Crippen molar-refractivity contribution in [3.05, 3.63) is 151 Å². The molecule has 0 unspecified atom stereocenters. The van der Waals surface area contributed by atoms with Gasteiger partial charge in [-0.1, -0.05) is 98.8 Å². The molecular formula is C43H29NS2. The second kappa shape index (κ2) is 9.53. The molecule has 0 saturated heterocycles. The number of fused-ring (bicyclic) bond motifs is 11. The summed E-state index contributed by atoms with van der Waals surface area (Å²) in [6, 6.07) is 52.1. The average Bonchev–Trinajstić information content (AvgIpc) is 3.73. The molecule has 1 aliphatic rings. The molecule has 3 heteroatoms. The van der Waals surface area contributed by atoms with E-state index in [1.54, 1.807) is 0 Å². The summed E-state index contributed by atoms with van der Waals surface area (Å²) >= 11 is 3.77. The summed E-state index contributed by atoms with van der Waals surface area (Å²) in [6.45, 7) is 4.70. The minimum atomic E-state index is -0.0267. The number of anilines is 3. The zero-order valence-electron chi connectivity index (χ0n) is 25.5. The maximum absolute atomic E-state index is 2.46. The van der Waals surface area contributed by atoms with Gasteiger partial charge in [-0.05, 0) is 87.6 Å². The summed E-state index contributed by atoms with van der Waals surface area (Å²) in [5.41, 5.74) is 8.96. The quantitative estimate of drug-likeness (QED) is 0.189. The molecule has 1 nitrogen and oxygen atoms in total.